The van der Waals surface area contributed by atoms with Gasteiger partial charge in [-0.2, -0.15) is 0 Å². The summed E-state index contributed by atoms with van der Waals surface area (Å²) in [6.45, 7) is 7.55. The topological polar surface area (TPSA) is 35.2 Å². The van der Waals surface area contributed by atoms with Crippen LogP contribution in [0.5, 0.6) is 5.75 Å². The summed E-state index contributed by atoms with van der Waals surface area (Å²) in [5.41, 5.74) is 7.89. The third-order valence-electron chi connectivity index (χ3n) is 2.17. The molecule has 2 N–H and O–H groups in total. The van der Waals surface area contributed by atoms with Crippen molar-refractivity contribution in [3.8, 4) is 5.75 Å². The predicted molar refractivity (Wildman–Crippen MR) is 59.8 cm³/mol. The Labute approximate surface area is 98.2 Å². The Morgan fingerprint density at radius 3 is 2.53 bits per heavy atom. The molecule has 0 heterocycles. The van der Waals surface area contributed by atoms with Gasteiger partial charge in [-0.3, -0.25) is 0 Å². The Hall–Kier alpha value is -0.730. The molecule has 1 aromatic carbocycles. The highest BCUT2D eigenvalue weighted by molar-refractivity contribution is 5.39. The van der Waals surface area contributed by atoms with Crippen molar-refractivity contribution in [2.45, 2.75) is 26.7 Å². The number of hydrogen-bond donors (Lipinski definition) is 1. The van der Waals surface area contributed by atoms with Crippen LogP contribution < -0.4 is 22.9 Å². The molecule has 0 saturated carbocycles. The molecular weight excluding hydrogens is 210 g/mol. The van der Waals surface area contributed by atoms with Crippen molar-refractivity contribution >= 4 is 0 Å². The lowest BCUT2D eigenvalue weighted by atomic mass is 10.0. The maximum absolute atomic E-state index is 5.60. The van der Waals surface area contributed by atoms with Crippen LogP contribution in [-0.2, 0) is 0 Å². The van der Waals surface area contributed by atoms with Gasteiger partial charge in [-0.15, -0.1) is 0 Å². The molecule has 0 amide bonds. The molecule has 0 spiro atoms. The van der Waals surface area contributed by atoms with Crippen molar-refractivity contribution < 1.29 is 17.1 Å². The third-order valence-corrected chi connectivity index (χ3v) is 2.17. The molecular formula is C12H19ClNO-. The molecule has 0 aliphatic rings. The molecule has 0 saturated heterocycles. The van der Waals surface area contributed by atoms with E-state index in [0.29, 0.717) is 19.1 Å². The molecule has 15 heavy (non-hydrogen) atoms. The van der Waals surface area contributed by atoms with Gasteiger partial charge in [0.05, 0.1) is 0 Å². The summed E-state index contributed by atoms with van der Waals surface area (Å²) in [7, 11) is 0. The molecule has 0 bridgehead atoms. The van der Waals surface area contributed by atoms with Gasteiger partial charge in [0.1, 0.15) is 12.4 Å². The minimum Gasteiger partial charge on any atom is -1.00 e. The Kier molecular flexibility index (Phi) is 6.37. The minimum atomic E-state index is 0. The maximum atomic E-state index is 5.60. The number of rotatable bonds is 4. The first kappa shape index (κ1) is 14.3. The van der Waals surface area contributed by atoms with E-state index in [0.717, 1.165) is 5.75 Å². The van der Waals surface area contributed by atoms with Crippen LogP contribution in [0.3, 0.4) is 0 Å². The molecule has 0 aliphatic carbocycles. The first-order valence-electron chi connectivity index (χ1n) is 5.08. The summed E-state index contributed by atoms with van der Waals surface area (Å²) in [4.78, 5) is 0. The second-order valence-electron chi connectivity index (χ2n) is 3.83. The molecule has 2 nitrogen and oxygen atoms in total. The number of halogens is 1. The second kappa shape index (κ2) is 6.70. The van der Waals surface area contributed by atoms with Gasteiger partial charge in [-0.05, 0) is 30.0 Å². The van der Waals surface area contributed by atoms with Crippen LogP contribution >= 0.6 is 0 Å². The molecule has 0 fully saturated rings. The molecule has 1 rings (SSSR count). The van der Waals surface area contributed by atoms with Gasteiger partial charge in [0, 0.05) is 6.54 Å². The highest BCUT2D eigenvalue weighted by atomic mass is 35.5. The minimum absolute atomic E-state index is 0. The van der Waals surface area contributed by atoms with E-state index in [1.54, 1.807) is 0 Å². The van der Waals surface area contributed by atoms with Crippen LogP contribution in [0.2, 0.25) is 0 Å². The Balaban J connectivity index is 0.00000196. The fraction of sp³-hybridized carbons (Fsp3) is 0.500. The average molecular weight is 229 g/mol. The van der Waals surface area contributed by atoms with Crippen molar-refractivity contribution in [3.05, 3.63) is 29.3 Å². The number of aryl methyl sites for hydroxylation is 1. The fourth-order valence-electron chi connectivity index (χ4n) is 1.41. The lowest BCUT2D eigenvalue weighted by molar-refractivity contribution is -0.00000366. The fourth-order valence-corrected chi connectivity index (χ4v) is 1.41. The van der Waals surface area contributed by atoms with E-state index in [9.17, 15) is 0 Å². The third kappa shape index (κ3) is 4.10. The van der Waals surface area contributed by atoms with Crippen molar-refractivity contribution in [2.75, 3.05) is 13.2 Å². The van der Waals surface area contributed by atoms with Crippen LogP contribution in [0.1, 0.15) is 30.9 Å². The quantitative estimate of drug-likeness (QED) is 0.752. The van der Waals surface area contributed by atoms with Crippen LogP contribution in [-0.4, -0.2) is 13.2 Å². The first-order chi connectivity index (χ1) is 6.65. The maximum Gasteiger partial charge on any atom is 0.123 e. The lowest BCUT2D eigenvalue weighted by Crippen LogP contribution is -3.00. The van der Waals surface area contributed by atoms with E-state index >= 15 is 0 Å². The second-order valence-corrected chi connectivity index (χ2v) is 3.83. The van der Waals surface area contributed by atoms with Crippen LogP contribution in [0.15, 0.2) is 18.2 Å². The monoisotopic (exact) mass is 228 g/mol. The summed E-state index contributed by atoms with van der Waals surface area (Å²) in [6.07, 6.45) is 0. The number of benzene rings is 1. The summed E-state index contributed by atoms with van der Waals surface area (Å²) >= 11 is 0. The van der Waals surface area contributed by atoms with E-state index in [1.807, 2.05) is 0 Å². The van der Waals surface area contributed by atoms with Crippen molar-refractivity contribution in [3.63, 3.8) is 0 Å². The van der Waals surface area contributed by atoms with Crippen molar-refractivity contribution in [1.29, 1.82) is 0 Å². The molecule has 0 aliphatic heterocycles. The summed E-state index contributed by atoms with van der Waals surface area (Å²) in [5.74, 6) is 1.47. The van der Waals surface area contributed by atoms with Crippen LogP contribution in [0.25, 0.3) is 0 Å². The van der Waals surface area contributed by atoms with Gasteiger partial charge < -0.3 is 22.9 Å². The number of ether oxygens (including phenoxy) is 1. The van der Waals surface area contributed by atoms with Gasteiger partial charge in [0.15, 0.2) is 0 Å². The highest BCUT2D eigenvalue weighted by Crippen LogP contribution is 2.27. The number of hydrogen-bond acceptors (Lipinski definition) is 2. The van der Waals surface area contributed by atoms with Crippen molar-refractivity contribution in [1.82, 2.24) is 0 Å². The molecule has 0 unspecified atom stereocenters. The van der Waals surface area contributed by atoms with Gasteiger partial charge in [0.2, 0.25) is 0 Å². The zero-order valence-corrected chi connectivity index (χ0v) is 10.3. The molecule has 86 valence electrons. The Morgan fingerprint density at radius 1 is 1.33 bits per heavy atom. The Bertz CT molecular complexity index is 300. The van der Waals surface area contributed by atoms with Gasteiger partial charge >= 0.3 is 0 Å². The van der Waals surface area contributed by atoms with E-state index < -0.39 is 0 Å². The molecule has 0 aromatic heterocycles. The summed E-state index contributed by atoms with van der Waals surface area (Å²) < 4.78 is 5.60. The molecule has 0 radical (unpaired) electrons. The summed E-state index contributed by atoms with van der Waals surface area (Å²) in [6, 6.07) is 6.32. The normalized spacial score (nSPS) is 9.93. The first-order valence-corrected chi connectivity index (χ1v) is 5.08. The zero-order valence-electron chi connectivity index (χ0n) is 9.59. The smallest absolute Gasteiger partial charge is 0.123 e. The SMILES string of the molecule is Cc1ccc(C(C)C)c(OCCN)c1.[Cl-]. The molecule has 0 atom stereocenters. The molecule has 3 heteroatoms. The van der Waals surface area contributed by atoms with E-state index in [2.05, 4.69) is 39.0 Å². The van der Waals surface area contributed by atoms with Gasteiger partial charge in [-0.1, -0.05) is 26.0 Å². The highest BCUT2D eigenvalue weighted by Gasteiger charge is 2.07. The zero-order chi connectivity index (χ0) is 10.6. The average Bonchev–Trinajstić information content (AvgIpc) is 2.14. The van der Waals surface area contributed by atoms with Gasteiger partial charge in [0.25, 0.3) is 0 Å². The van der Waals surface area contributed by atoms with E-state index in [4.69, 9.17) is 10.5 Å². The standard InChI is InChI=1S/C12H19NO.ClH/c1-9(2)11-5-4-10(3)8-12(11)14-7-6-13;/h4-5,8-9H,6-7,13H2,1-3H3;1H/p-1. The van der Waals surface area contributed by atoms with Crippen LogP contribution in [0, 0.1) is 6.92 Å². The van der Waals surface area contributed by atoms with E-state index in [1.165, 1.54) is 11.1 Å². The predicted octanol–water partition coefficient (Wildman–Crippen LogP) is -0.540. The summed E-state index contributed by atoms with van der Waals surface area (Å²) in [5, 5.41) is 0. The molecule has 1 aromatic rings. The van der Waals surface area contributed by atoms with Crippen LogP contribution in [0.4, 0.5) is 0 Å². The van der Waals surface area contributed by atoms with E-state index in [-0.39, 0.29) is 12.4 Å². The lowest BCUT2D eigenvalue weighted by Gasteiger charge is -2.14. The van der Waals surface area contributed by atoms with Crippen molar-refractivity contribution in [2.24, 2.45) is 5.73 Å². The van der Waals surface area contributed by atoms with Gasteiger partial charge in [-0.25, -0.2) is 0 Å². The Morgan fingerprint density at radius 2 is 2.00 bits per heavy atom. The largest absolute Gasteiger partial charge is 1.00 e. The number of nitrogens with two attached hydrogens (primary N) is 1.